The molecule has 0 aliphatic heterocycles. The van der Waals surface area contributed by atoms with E-state index < -0.39 is 0 Å². The van der Waals surface area contributed by atoms with Crippen molar-refractivity contribution in [1.29, 1.82) is 0 Å². The second-order valence-corrected chi connectivity index (χ2v) is 5.26. The Kier molecular flexibility index (Phi) is 8.89. The second-order valence-electron chi connectivity index (χ2n) is 4.09. The van der Waals surface area contributed by atoms with Crippen LogP contribution in [0.2, 0.25) is 0 Å². The predicted octanol–water partition coefficient (Wildman–Crippen LogP) is 2.22. The van der Waals surface area contributed by atoms with Gasteiger partial charge in [-0.3, -0.25) is 4.79 Å². The van der Waals surface area contributed by atoms with Gasteiger partial charge in [0.05, 0.1) is 0 Å². The SMILES string of the molecule is Cc1ccc(SCCNC(=O)C(C)CN)cc1.Cl. The van der Waals surface area contributed by atoms with Gasteiger partial charge in [-0.1, -0.05) is 24.6 Å². The van der Waals surface area contributed by atoms with Crippen molar-refractivity contribution in [3.8, 4) is 0 Å². The third-order valence-electron chi connectivity index (χ3n) is 2.49. The summed E-state index contributed by atoms with van der Waals surface area (Å²) in [6.45, 7) is 4.99. The third-order valence-corrected chi connectivity index (χ3v) is 3.51. The number of rotatable bonds is 6. The maximum absolute atomic E-state index is 11.4. The molecule has 0 saturated heterocycles. The van der Waals surface area contributed by atoms with Crippen molar-refractivity contribution >= 4 is 30.1 Å². The smallest absolute Gasteiger partial charge is 0.224 e. The normalized spacial score (nSPS) is 11.5. The molecule has 1 unspecified atom stereocenters. The fourth-order valence-electron chi connectivity index (χ4n) is 1.26. The van der Waals surface area contributed by atoms with Crippen LogP contribution in [0.15, 0.2) is 29.2 Å². The number of hydrogen-bond acceptors (Lipinski definition) is 3. The summed E-state index contributed by atoms with van der Waals surface area (Å²) < 4.78 is 0. The highest BCUT2D eigenvalue weighted by atomic mass is 35.5. The molecule has 1 aromatic rings. The van der Waals surface area contributed by atoms with E-state index in [-0.39, 0.29) is 24.2 Å². The van der Waals surface area contributed by atoms with Gasteiger partial charge in [-0.25, -0.2) is 0 Å². The third kappa shape index (κ3) is 6.28. The summed E-state index contributed by atoms with van der Waals surface area (Å²) in [7, 11) is 0. The van der Waals surface area contributed by atoms with Gasteiger partial charge in [0.15, 0.2) is 0 Å². The van der Waals surface area contributed by atoms with Crippen LogP contribution in [0, 0.1) is 12.8 Å². The van der Waals surface area contributed by atoms with E-state index in [4.69, 9.17) is 5.73 Å². The molecule has 0 aliphatic rings. The van der Waals surface area contributed by atoms with Gasteiger partial charge in [-0.2, -0.15) is 0 Å². The summed E-state index contributed by atoms with van der Waals surface area (Å²) in [6, 6.07) is 8.39. The highest BCUT2D eigenvalue weighted by Gasteiger charge is 2.08. The maximum atomic E-state index is 11.4. The predicted molar refractivity (Wildman–Crippen MR) is 80.4 cm³/mol. The van der Waals surface area contributed by atoms with Crippen molar-refractivity contribution in [2.45, 2.75) is 18.7 Å². The lowest BCUT2D eigenvalue weighted by Gasteiger charge is -2.09. The van der Waals surface area contributed by atoms with Crippen molar-refractivity contribution in [1.82, 2.24) is 5.32 Å². The van der Waals surface area contributed by atoms with Crippen LogP contribution in [0.5, 0.6) is 0 Å². The molecule has 0 heterocycles. The summed E-state index contributed by atoms with van der Waals surface area (Å²) in [5.74, 6) is 0.822. The van der Waals surface area contributed by atoms with E-state index >= 15 is 0 Å². The molecule has 102 valence electrons. The molecule has 1 atom stereocenters. The first kappa shape index (κ1) is 17.3. The minimum Gasteiger partial charge on any atom is -0.355 e. The second kappa shape index (κ2) is 9.25. The van der Waals surface area contributed by atoms with E-state index in [0.717, 1.165) is 5.75 Å². The number of amides is 1. The molecule has 0 spiro atoms. The van der Waals surface area contributed by atoms with Gasteiger partial charge in [0, 0.05) is 29.7 Å². The molecule has 0 fully saturated rings. The van der Waals surface area contributed by atoms with Crippen LogP contribution >= 0.6 is 24.2 Å². The number of thioether (sulfide) groups is 1. The molecule has 1 amide bonds. The molecule has 18 heavy (non-hydrogen) atoms. The Labute approximate surface area is 119 Å². The maximum Gasteiger partial charge on any atom is 0.224 e. The van der Waals surface area contributed by atoms with Crippen LogP contribution in [0.25, 0.3) is 0 Å². The van der Waals surface area contributed by atoms with E-state index in [9.17, 15) is 4.79 Å². The Hall–Kier alpha value is -0.710. The van der Waals surface area contributed by atoms with Crippen molar-refractivity contribution in [2.75, 3.05) is 18.8 Å². The number of carbonyl (C=O) groups excluding carboxylic acids is 1. The zero-order valence-corrected chi connectivity index (χ0v) is 12.4. The van der Waals surface area contributed by atoms with Gasteiger partial charge >= 0.3 is 0 Å². The topological polar surface area (TPSA) is 55.1 Å². The number of carbonyl (C=O) groups is 1. The van der Waals surface area contributed by atoms with E-state index in [0.29, 0.717) is 13.1 Å². The van der Waals surface area contributed by atoms with Crippen LogP contribution in [-0.2, 0) is 4.79 Å². The zero-order chi connectivity index (χ0) is 12.7. The van der Waals surface area contributed by atoms with E-state index in [1.165, 1.54) is 10.5 Å². The van der Waals surface area contributed by atoms with E-state index in [1.54, 1.807) is 11.8 Å². The molecule has 3 N–H and O–H groups in total. The van der Waals surface area contributed by atoms with Crippen molar-refractivity contribution in [3.63, 3.8) is 0 Å². The first-order chi connectivity index (χ1) is 8.13. The van der Waals surface area contributed by atoms with Crippen LogP contribution in [0.4, 0.5) is 0 Å². The number of hydrogen-bond donors (Lipinski definition) is 2. The van der Waals surface area contributed by atoms with Crippen molar-refractivity contribution in [2.24, 2.45) is 11.7 Å². The number of nitrogens with two attached hydrogens (primary N) is 1. The fourth-order valence-corrected chi connectivity index (χ4v) is 2.03. The summed E-state index contributed by atoms with van der Waals surface area (Å²) in [5.41, 5.74) is 6.68. The Balaban J connectivity index is 0.00000289. The average Bonchev–Trinajstić information content (AvgIpc) is 2.35. The molecule has 0 radical (unpaired) electrons. The summed E-state index contributed by atoms with van der Waals surface area (Å²) in [6.07, 6.45) is 0. The lowest BCUT2D eigenvalue weighted by atomic mass is 10.2. The molecule has 1 aromatic carbocycles. The highest BCUT2D eigenvalue weighted by molar-refractivity contribution is 7.99. The number of halogens is 1. The van der Waals surface area contributed by atoms with Crippen molar-refractivity contribution in [3.05, 3.63) is 29.8 Å². The molecule has 1 rings (SSSR count). The average molecular weight is 289 g/mol. The van der Waals surface area contributed by atoms with Gasteiger partial charge in [-0.15, -0.1) is 24.2 Å². The standard InChI is InChI=1S/C13H20N2OS.ClH/c1-10-3-5-12(6-4-10)17-8-7-15-13(16)11(2)9-14;/h3-6,11H,7-9,14H2,1-2H3,(H,15,16);1H. The van der Waals surface area contributed by atoms with Crippen LogP contribution in [-0.4, -0.2) is 24.7 Å². The zero-order valence-electron chi connectivity index (χ0n) is 10.8. The molecule has 0 bridgehead atoms. The van der Waals surface area contributed by atoms with Gasteiger partial charge in [0.25, 0.3) is 0 Å². The Morgan fingerprint density at radius 3 is 2.56 bits per heavy atom. The minimum absolute atomic E-state index is 0. The Morgan fingerprint density at radius 1 is 1.39 bits per heavy atom. The Bertz CT molecular complexity index is 357. The summed E-state index contributed by atoms with van der Waals surface area (Å²) in [5, 5.41) is 2.88. The Morgan fingerprint density at radius 2 is 2.00 bits per heavy atom. The van der Waals surface area contributed by atoms with E-state index in [1.807, 2.05) is 6.92 Å². The molecule has 0 aliphatic carbocycles. The first-order valence-electron chi connectivity index (χ1n) is 5.80. The first-order valence-corrected chi connectivity index (χ1v) is 6.79. The molecule has 0 saturated carbocycles. The van der Waals surface area contributed by atoms with E-state index in [2.05, 4.69) is 36.5 Å². The van der Waals surface area contributed by atoms with Crippen LogP contribution in [0.3, 0.4) is 0 Å². The van der Waals surface area contributed by atoms with Crippen molar-refractivity contribution < 1.29 is 4.79 Å². The molecule has 5 heteroatoms. The highest BCUT2D eigenvalue weighted by Crippen LogP contribution is 2.17. The van der Waals surface area contributed by atoms with Gasteiger partial charge in [0.2, 0.25) is 5.91 Å². The number of nitrogens with one attached hydrogen (secondary N) is 1. The quantitative estimate of drug-likeness (QED) is 0.623. The molecular weight excluding hydrogens is 268 g/mol. The van der Waals surface area contributed by atoms with Crippen LogP contribution in [0.1, 0.15) is 12.5 Å². The molecular formula is C13H21ClN2OS. The largest absolute Gasteiger partial charge is 0.355 e. The van der Waals surface area contributed by atoms with Gasteiger partial charge < -0.3 is 11.1 Å². The fraction of sp³-hybridized carbons (Fsp3) is 0.462. The molecule has 0 aromatic heterocycles. The van der Waals surface area contributed by atoms with Crippen LogP contribution < -0.4 is 11.1 Å². The summed E-state index contributed by atoms with van der Waals surface area (Å²) in [4.78, 5) is 12.7. The number of aryl methyl sites for hydroxylation is 1. The lowest BCUT2D eigenvalue weighted by Crippen LogP contribution is -2.34. The van der Waals surface area contributed by atoms with Gasteiger partial charge in [-0.05, 0) is 19.1 Å². The summed E-state index contributed by atoms with van der Waals surface area (Å²) >= 11 is 1.74. The lowest BCUT2D eigenvalue weighted by molar-refractivity contribution is -0.124. The monoisotopic (exact) mass is 288 g/mol. The minimum atomic E-state index is -0.0978. The number of benzene rings is 1. The van der Waals surface area contributed by atoms with Gasteiger partial charge in [0.1, 0.15) is 0 Å². The molecule has 3 nitrogen and oxygen atoms in total.